The summed E-state index contributed by atoms with van der Waals surface area (Å²) >= 11 is 0. The molecular formula is C19H20F3N5O. The predicted molar refractivity (Wildman–Crippen MR) is 95.9 cm³/mol. The molecule has 1 atom stereocenters. The molecule has 1 aromatic carbocycles. The van der Waals surface area contributed by atoms with Gasteiger partial charge in [-0.2, -0.15) is 14.6 Å². The minimum Gasteiger partial charge on any atom is -0.497 e. The van der Waals surface area contributed by atoms with E-state index in [1.165, 1.54) is 25.6 Å². The van der Waals surface area contributed by atoms with Crippen LogP contribution in [0.3, 0.4) is 0 Å². The molecule has 0 saturated carbocycles. The molecule has 0 unspecified atom stereocenters. The van der Waals surface area contributed by atoms with Gasteiger partial charge in [0.2, 0.25) is 0 Å². The summed E-state index contributed by atoms with van der Waals surface area (Å²) in [6.45, 7) is 1.88. The summed E-state index contributed by atoms with van der Waals surface area (Å²) in [6.07, 6.45) is 0.268. The molecule has 28 heavy (non-hydrogen) atoms. The topological polar surface area (TPSA) is 55.6 Å². The molecule has 1 saturated heterocycles. The zero-order chi connectivity index (χ0) is 19.7. The number of ether oxygens (including phenoxy) is 1. The van der Waals surface area contributed by atoms with Crippen molar-refractivity contribution < 1.29 is 17.9 Å². The molecule has 3 aromatic rings. The Morgan fingerprint density at radius 2 is 2.14 bits per heavy atom. The van der Waals surface area contributed by atoms with Gasteiger partial charge in [0.25, 0.3) is 12.2 Å². The van der Waals surface area contributed by atoms with Gasteiger partial charge in [-0.3, -0.25) is 4.90 Å². The van der Waals surface area contributed by atoms with Crippen molar-refractivity contribution in [3.63, 3.8) is 0 Å². The number of benzene rings is 1. The highest BCUT2D eigenvalue weighted by molar-refractivity contribution is 5.33. The fourth-order valence-corrected chi connectivity index (χ4v) is 3.68. The van der Waals surface area contributed by atoms with E-state index in [9.17, 15) is 13.2 Å². The lowest BCUT2D eigenvalue weighted by molar-refractivity contribution is 0.142. The van der Waals surface area contributed by atoms with E-state index in [-0.39, 0.29) is 23.2 Å². The lowest BCUT2D eigenvalue weighted by atomic mass is 9.93. The maximum Gasteiger partial charge on any atom is 0.280 e. The van der Waals surface area contributed by atoms with Crippen LogP contribution in [-0.4, -0.2) is 44.7 Å². The third-order valence-electron chi connectivity index (χ3n) is 5.10. The van der Waals surface area contributed by atoms with Crippen LogP contribution in [0.15, 0.2) is 30.6 Å². The normalized spacial score (nSPS) is 18.1. The average molecular weight is 391 g/mol. The summed E-state index contributed by atoms with van der Waals surface area (Å²) in [5.74, 6) is 0.313. The number of alkyl halides is 2. The minimum absolute atomic E-state index is 0.0192. The molecule has 1 aliphatic rings. The summed E-state index contributed by atoms with van der Waals surface area (Å²) < 4.78 is 47.2. The first-order chi connectivity index (χ1) is 13.5. The first-order valence-electron chi connectivity index (χ1n) is 9.08. The minimum atomic E-state index is -2.67. The number of methoxy groups -OCH3 is 1. The van der Waals surface area contributed by atoms with Crippen molar-refractivity contribution >= 4 is 5.78 Å². The van der Waals surface area contributed by atoms with Crippen molar-refractivity contribution in [3.8, 4) is 5.75 Å². The molecule has 0 amide bonds. The van der Waals surface area contributed by atoms with Gasteiger partial charge in [0, 0.05) is 30.6 Å². The van der Waals surface area contributed by atoms with Crippen LogP contribution in [0.5, 0.6) is 5.75 Å². The number of hydrogen-bond acceptors (Lipinski definition) is 5. The largest absolute Gasteiger partial charge is 0.497 e. The Morgan fingerprint density at radius 1 is 1.29 bits per heavy atom. The number of fused-ring (bicyclic) bond motifs is 1. The van der Waals surface area contributed by atoms with Crippen molar-refractivity contribution in [2.75, 3.05) is 20.2 Å². The highest BCUT2D eigenvalue weighted by atomic mass is 19.3. The second-order valence-electron chi connectivity index (χ2n) is 6.91. The Bertz CT molecular complexity index is 977. The number of likely N-dealkylation sites (tertiary alicyclic amines) is 1. The number of piperidine rings is 1. The SMILES string of the molecule is COc1ccc(CN2CCC[C@H](c3cc(C(F)F)n4ncnc4n3)C2)c(F)c1. The average Bonchev–Trinajstić information content (AvgIpc) is 3.17. The summed E-state index contributed by atoms with van der Waals surface area (Å²) in [7, 11) is 1.50. The third-order valence-corrected chi connectivity index (χ3v) is 5.10. The molecule has 0 aliphatic carbocycles. The molecule has 4 rings (SSSR count). The Hall–Kier alpha value is -2.68. The lowest BCUT2D eigenvalue weighted by Gasteiger charge is -2.32. The van der Waals surface area contributed by atoms with Crippen LogP contribution < -0.4 is 4.74 Å². The highest BCUT2D eigenvalue weighted by Crippen LogP contribution is 2.30. The molecule has 3 heterocycles. The molecule has 0 radical (unpaired) electrons. The molecule has 0 N–H and O–H groups in total. The summed E-state index contributed by atoms with van der Waals surface area (Å²) in [4.78, 5) is 10.5. The van der Waals surface area contributed by atoms with E-state index < -0.39 is 6.43 Å². The second kappa shape index (κ2) is 7.75. The van der Waals surface area contributed by atoms with E-state index in [1.54, 1.807) is 12.1 Å². The molecule has 6 nitrogen and oxygen atoms in total. The van der Waals surface area contributed by atoms with E-state index in [4.69, 9.17) is 4.74 Å². The van der Waals surface area contributed by atoms with Crippen LogP contribution in [0.4, 0.5) is 13.2 Å². The smallest absolute Gasteiger partial charge is 0.280 e. The van der Waals surface area contributed by atoms with Gasteiger partial charge < -0.3 is 4.74 Å². The van der Waals surface area contributed by atoms with E-state index >= 15 is 0 Å². The van der Waals surface area contributed by atoms with Gasteiger partial charge in [-0.15, -0.1) is 0 Å². The number of halogens is 3. The molecule has 0 spiro atoms. The molecule has 9 heteroatoms. The first kappa shape index (κ1) is 18.7. The van der Waals surface area contributed by atoms with Gasteiger partial charge in [-0.05, 0) is 31.5 Å². The molecule has 0 bridgehead atoms. The Balaban J connectivity index is 1.55. The molecule has 2 aromatic heterocycles. The van der Waals surface area contributed by atoms with Gasteiger partial charge in [-0.1, -0.05) is 6.07 Å². The standard InChI is InChI=1S/C19H20F3N5O/c1-28-14-5-4-12(15(20)7-14)9-26-6-2-3-13(10-26)16-8-17(18(21)22)27-19(25-16)23-11-24-27/h4-5,7-8,11,13,18H,2-3,6,9-10H2,1H3/t13-/m0/s1. The predicted octanol–water partition coefficient (Wildman–Crippen LogP) is 3.59. The van der Waals surface area contributed by atoms with Crippen molar-refractivity contribution in [1.82, 2.24) is 24.5 Å². The lowest BCUT2D eigenvalue weighted by Crippen LogP contribution is -2.34. The monoisotopic (exact) mass is 391 g/mol. The Morgan fingerprint density at radius 3 is 2.89 bits per heavy atom. The van der Waals surface area contributed by atoms with Gasteiger partial charge in [-0.25, -0.2) is 18.2 Å². The number of nitrogens with zero attached hydrogens (tertiary/aromatic N) is 5. The van der Waals surface area contributed by atoms with Crippen LogP contribution in [0.25, 0.3) is 5.78 Å². The fraction of sp³-hybridized carbons (Fsp3) is 0.421. The molecule has 1 fully saturated rings. The van der Waals surface area contributed by atoms with Crippen molar-refractivity contribution in [2.24, 2.45) is 0 Å². The van der Waals surface area contributed by atoms with Crippen molar-refractivity contribution in [1.29, 1.82) is 0 Å². The third kappa shape index (κ3) is 3.66. The van der Waals surface area contributed by atoms with Crippen LogP contribution in [0.1, 0.15) is 42.1 Å². The van der Waals surface area contributed by atoms with Gasteiger partial charge >= 0.3 is 0 Å². The first-order valence-corrected chi connectivity index (χ1v) is 9.08. The van der Waals surface area contributed by atoms with E-state index in [2.05, 4.69) is 20.0 Å². The second-order valence-corrected chi connectivity index (χ2v) is 6.91. The van der Waals surface area contributed by atoms with Gasteiger partial charge in [0.15, 0.2) is 0 Å². The van der Waals surface area contributed by atoms with Crippen LogP contribution in [0, 0.1) is 5.82 Å². The van der Waals surface area contributed by atoms with Crippen molar-refractivity contribution in [2.45, 2.75) is 31.7 Å². The molecular weight excluding hydrogens is 371 g/mol. The maximum absolute atomic E-state index is 14.3. The fourth-order valence-electron chi connectivity index (χ4n) is 3.68. The van der Waals surface area contributed by atoms with Gasteiger partial charge in [0.1, 0.15) is 23.6 Å². The van der Waals surface area contributed by atoms with Gasteiger partial charge in [0.05, 0.1) is 12.8 Å². The summed E-state index contributed by atoms with van der Waals surface area (Å²) in [5.41, 5.74) is 0.946. The highest BCUT2D eigenvalue weighted by Gasteiger charge is 2.26. The molecule has 1 aliphatic heterocycles. The Labute approximate surface area is 160 Å². The van der Waals surface area contributed by atoms with Crippen LogP contribution in [-0.2, 0) is 6.54 Å². The van der Waals surface area contributed by atoms with E-state index in [0.717, 1.165) is 23.9 Å². The maximum atomic E-state index is 14.3. The number of aromatic nitrogens is 4. The van der Waals surface area contributed by atoms with E-state index in [1.807, 2.05) is 0 Å². The quantitative estimate of drug-likeness (QED) is 0.665. The summed E-state index contributed by atoms with van der Waals surface area (Å²) in [6, 6.07) is 6.23. The zero-order valence-corrected chi connectivity index (χ0v) is 15.4. The number of rotatable bonds is 5. The van der Waals surface area contributed by atoms with Crippen LogP contribution >= 0.6 is 0 Å². The van der Waals surface area contributed by atoms with Crippen molar-refractivity contribution in [3.05, 3.63) is 53.4 Å². The van der Waals surface area contributed by atoms with E-state index in [0.29, 0.717) is 30.1 Å². The van der Waals surface area contributed by atoms with Crippen LogP contribution in [0.2, 0.25) is 0 Å². The number of hydrogen-bond donors (Lipinski definition) is 0. The molecule has 148 valence electrons. The zero-order valence-electron chi connectivity index (χ0n) is 15.4. The summed E-state index contributed by atoms with van der Waals surface area (Å²) in [5, 5.41) is 3.82. The Kier molecular flexibility index (Phi) is 5.17.